The molecule has 0 saturated heterocycles. The number of aryl methyl sites for hydroxylation is 2. The second kappa shape index (κ2) is 8.81. The lowest BCUT2D eigenvalue weighted by atomic mass is 10.2. The monoisotopic (exact) mass is 411 g/mol. The van der Waals surface area contributed by atoms with E-state index >= 15 is 0 Å². The van der Waals surface area contributed by atoms with Crippen LogP contribution in [0.5, 0.6) is 11.5 Å². The van der Waals surface area contributed by atoms with Gasteiger partial charge in [0.25, 0.3) is 11.5 Å². The van der Waals surface area contributed by atoms with Crippen molar-refractivity contribution in [2.24, 2.45) is 0 Å². The number of rotatable bonds is 7. The van der Waals surface area contributed by atoms with Gasteiger partial charge in [-0.15, -0.1) is 0 Å². The van der Waals surface area contributed by atoms with Gasteiger partial charge in [0.2, 0.25) is 5.95 Å². The Morgan fingerprint density at radius 3 is 2.47 bits per heavy atom. The zero-order valence-corrected chi connectivity index (χ0v) is 17.7. The molecule has 0 bridgehead atoms. The fourth-order valence-electron chi connectivity index (χ4n) is 2.86. The van der Waals surface area contributed by atoms with Crippen LogP contribution in [0.15, 0.2) is 29.1 Å². The van der Waals surface area contributed by atoms with Crippen LogP contribution >= 0.6 is 0 Å². The third kappa shape index (κ3) is 4.35. The van der Waals surface area contributed by atoms with E-state index in [-0.39, 0.29) is 17.4 Å². The Morgan fingerprint density at radius 2 is 1.80 bits per heavy atom. The third-order valence-electron chi connectivity index (χ3n) is 4.46. The number of H-pyrrole nitrogens is 1. The number of anilines is 1. The average molecular weight is 411 g/mol. The number of ether oxygens (including phenoxy) is 2. The highest BCUT2D eigenvalue weighted by Gasteiger charge is 2.17. The zero-order chi connectivity index (χ0) is 21.8. The van der Waals surface area contributed by atoms with E-state index in [1.54, 1.807) is 45.0 Å². The molecule has 0 aliphatic carbocycles. The summed E-state index contributed by atoms with van der Waals surface area (Å²) in [4.78, 5) is 32.1. The van der Waals surface area contributed by atoms with Crippen molar-refractivity contribution < 1.29 is 14.3 Å². The number of hydrogen-bond acceptors (Lipinski definition) is 6. The number of aromatic amines is 1. The molecule has 0 radical (unpaired) electrons. The molecule has 0 aliphatic rings. The molecule has 0 unspecified atom stereocenters. The van der Waals surface area contributed by atoms with Crippen molar-refractivity contribution in [3.8, 4) is 17.4 Å². The number of benzene rings is 1. The first-order chi connectivity index (χ1) is 14.3. The molecule has 2 N–H and O–H groups in total. The largest absolute Gasteiger partial charge is 0.490 e. The molecule has 1 amide bonds. The minimum absolute atomic E-state index is 0.230. The maximum Gasteiger partial charge on any atom is 0.256 e. The Labute approximate surface area is 174 Å². The van der Waals surface area contributed by atoms with Gasteiger partial charge in [-0.1, -0.05) is 0 Å². The van der Waals surface area contributed by atoms with Gasteiger partial charge < -0.3 is 14.8 Å². The number of carbonyl (C=O) groups is 1. The summed E-state index contributed by atoms with van der Waals surface area (Å²) < 4.78 is 12.5. The zero-order valence-electron chi connectivity index (χ0n) is 17.7. The van der Waals surface area contributed by atoms with Crippen LogP contribution in [0.3, 0.4) is 0 Å². The lowest BCUT2D eigenvalue weighted by molar-refractivity contribution is 0.102. The van der Waals surface area contributed by atoms with Crippen LogP contribution in [-0.4, -0.2) is 38.9 Å². The highest BCUT2D eigenvalue weighted by atomic mass is 16.5. The molecule has 158 valence electrons. The van der Waals surface area contributed by atoms with Gasteiger partial charge in [0, 0.05) is 22.9 Å². The molecule has 30 heavy (non-hydrogen) atoms. The summed E-state index contributed by atoms with van der Waals surface area (Å²) in [5.74, 6) is 1.33. The number of nitrogens with one attached hydrogen (secondary N) is 2. The quantitative estimate of drug-likeness (QED) is 0.618. The maximum atomic E-state index is 12.9. The lowest BCUT2D eigenvalue weighted by Crippen LogP contribution is -2.21. The molecule has 0 fully saturated rings. The van der Waals surface area contributed by atoms with Crippen molar-refractivity contribution in [3.05, 3.63) is 57.1 Å². The summed E-state index contributed by atoms with van der Waals surface area (Å²) >= 11 is 0. The first-order valence-electron chi connectivity index (χ1n) is 9.69. The standard InChI is InChI=1S/C21H25N5O4/c1-6-29-16-9-8-15(11-17(16)30-7-2)20(28)23-18-10-12(3)25-26(18)21-22-14(5)13(4)19(27)24-21/h8-11H,6-7H2,1-5H3,(H,23,28)(H,22,24,27). The van der Waals surface area contributed by atoms with Gasteiger partial charge in [-0.2, -0.15) is 9.78 Å². The van der Waals surface area contributed by atoms with E-state index in [0.29, 0.717) is 53.0 Å². The fraction of sp³-hybridized carbons (Fsp3) is 0.333. The van der Waals surface area contributed by atoms with Crippen molar-refractivity contribution in [2.45, 2.75) is 34.6 Å². The SMILES string of the molecule is CCOc1ccc(C(=O)Nc2cc(C)nn2-c2nc(C)c(C)c(=O)[nH]2)cc1OCC. The molecule has 9 nitrogen and oxygen atoms in total. The minimum atomic E-state index is -0.355. The minimum Gasteiger partial charge on any atom is -0.490 e. The van der Waals surface area contributed by atoms with Crippen LogP contribution in [0.25, 0.3) is 5.95 Å². The summed E-state index contributed by atoms with van der Waals surface area (Å²) in [6.45, 7) is 9.91. The molecule has 3 rings (SSSR count). The van der Waals surface area contributed by atoms with Gasteiger partial charge in [0.05, 0.1) is 18.9 Å². The highest BCUT2D eigenvalue weighted by molar-refractivity contribution is 6.04. The lowest BCUT2D eigenvalue weighted by Gasteiger charge is -2.13. The van der Waals surface area contributed by atoms with Crippen LogP contribution in [0.4, 0.5) is 5.82 Å². The summed E-state index contributed by atoms with van der Waals surface area (Å²) in [7, 11) is 0. The molecule has 2 heterocycles. The topological polar surface area (TPSA) is 111 Å². The van der Waals surface area contributed by atoms with Crippen molar-refractivity contribution >= 4 is 11.7 Å². The molecule has 0 saturated carbocycles. The molecule has 2 aromatic heterocycles. The number of carbonyl (C=O) groups excluding carboxylic acids is 1. The number of nitrogens with zero attached hydrogens (tertiary/aromatic N) is 3. The average Bonchev–Trinajstić information content (AvgIpc) is 3.07. The van der Waals surface area contributed by atoms with Crippen molar-refractivity contribution in [1.29, 1.82) is 0 Å². The van der Waals surface area contributed by atoms with E-state index in [4.69, 9.17) is 9.47 Å². The van der Waals surface area contributed by atoms with E-state index < -0.39 is 0 Å². The predicted octanol–water partition coefficient (Wildman–Crippen LogP) is 2.93. The Kier molecular flexibility index (Phi) is 6.20. The Hall–Kier alpha value is -3.62. The van der Waals surface area contributed by atoms with Gasteiger partial charge in [-0.3, -0.25) is 14.6 Å². The summed E-state index contributed by atoms with van der Waals surface area (Å²) in [6, 6.07) is 6.69. The van der Waals surface area contributed by atoms with Gasteiger partial charge in [-0.05, 0) is 52.8 Å². The van der Waals surface area contributed by atoms with Gasteiger partial charge in [0.15, 0.2) is 11.5 Å². The van der Waals surface area contributed by atoms with Crippen molar-refractivity contribution in [3.63, 3.8) is 0 Å². The second-order valence-electron chi connectivity index (χ2n) is 6.66. The highest BCUT2D eigenvalue weighted by Crippen LogP contribution is 2.29. The summed E-state index contributed by atoms with van der Waals surface area (Å²) in [5.41, 5.74) is 1.93. The summed E-state index contributed by atoms with van der Waals surface area (Å²) in [6.07, 6.45) is 0. The first kappa shape index (κ1) is 21.1. The van der Waals surface area contributed by atoms with E-state index in [0.717, 1.165) is 0 Å². The van der Waals surface area contributed by atoms with E-state index in [1.807, 2.05) is 13.8 Å². The Bertz CT molecular complexity index is 1130. The first-order valence-corrected chi connectivity index (χ1v) is 9.69. The number of aromatic nitrogens is 4. The number of amides is 1. The summed E-state index contributed by atoms with van der Waals surface area (Å²) in [5, 5.41) is 7.17. The normalized spacial score (nSPS) is 10.7. The maximum absolute atomic E-state index is 12.9. The van der Waals surface area contributed by atoms with Gasteiger partial charge in [-0.25, -0.2) is 4.98 Å². The molecular weight excluding hydrogens is 386 g/mol. The van der Waals surface area contributed by atoms with Crippen LogP contribution in [0.1, 0.15) is 41.2 Å². The molecule has 1 aromatic carbocycles. The van der Waals surface area contributed by atoms with Crippen molar-refractivity contribution in [2.75, 3.05) is 18.5 Å². The van der Waals surface area contributed by atoms with Gasteiger partial charge >= 0.3 is 0 Å². The molecule has 3 aromatic rings. The smallest absolute Gasteiger partial charge is 0.256 e. The molecule has 0 aliphatic heterocycles. The fourth-order valence-corrected chi connectivity index (χ4v) is 2.86. The number of hydrogen-bond donors (Lipinski definition) is 2. The van der Waals surface area contributed by atoms with Crippen LogP contribution in [0.2, 0.25) is 0 Å². The Balaban J connectivity index is 1.93. The predicted molar refractivity (Wildman–Crippen MR) is 113 cm³/mol. The molecule has 0 spiro atoms. The third-order valence-corrected chi connectivity index (χ3v) is 4.46. The van der Waals surface area contributed by atoms with E-state index in [2.05, 4.69) is 20.4 Å². The second-order valence-corrected chi connectivity index (χ2v) is 6.66. The van der Waals surface area contributed by atoms with Gasteiger partial charge in [0.1, 0.15) is 5.82 Å². The van der Waals surface area contributed by atoms with E-state index in [9.17, 15) is 9.59 Å². The van der Waals surface area contributed by atoms with E-state index in [1.165, 1.54) is 4.68 Å². The Morgan fingerprint density at radius 1 is 1.10 bits per heavy atom. The molecule has 9 heteroatoms. The molecular formula is C21H25N5O4. The molecule has 0 atom stereocenters. The van der Waals surface area contributed by atoms with Crippen LogP contribution < -0.4 is 20.3 Å². The van der Waals surface area contributed by atoms with Crippen LogP contribution in [-0.2, 0) is 0 Å². The van der Waals surface area contributed by atoms with Crippen LogP contribution in [0, 0.1) is 20.8 Å². The van der Waals surface area contributed by atoms with Crippen molar-refractivity contribution in [1.82, 2.24) is 19.7 Å².